The number of benzene rings is 2. The number of nitrogens with zero attached hydrogens (tertiary/aromatic N) is 2. The van der Waals surface area contributed by atoms with Crippen molar-refractivity contribution in [1.82, 2.24) is 15.5 Å². The molecule has 9 heteroatoms. The Hall–Kier alpha value is -3.07. The molecule has 1 aliphatic rings. The average Bonchev–Trinajstić information content (AvgIpc) is 3.38. The molecule has 0 spiro atoms. The normalized spacial score (nSPS) is 13.3. The molecule has 1 aromatic heterocycles. The van der Waals surface area contributed by atoms with Gasteiger partial charge in [-0.2, -0.15) is 0 Å². The van der Waals surface area contributed by atoms with Gasteiger partial charge < -0.3 is 19.2 Å². The Morgan fingerprint density at radius 1 is 1.17 bits per heavy atom. The van der Waals surface area contributed by atoms with Crippen LogP contribution in [0, 0.1) is 5.82 Å². The number of carbonyl (C=O) groups excluding carboxylic acids is 1. The number of ether oxygens (including phenoxy) is 2. The highest BCUT2D eigenvalue weighted by molar-refractivity contribution is 8.00. The van der Waals surface area contributed by atoms with E-state index in [-0.39, 0.29) is 18.5 Å². The van der Waals surface area contributed by atoms with Crippen LogP contribution in [0.5, 0.6) is 11.5 Å². The molecule has 4 rings (SSSR count). The predicted octanol–water partition coefficient (Wildman–Crippen LogP) is 3.44. The zero-order valence-electron chi connectivity index (χ0n) is 15.6. The maximum Gasteiger partial charge on any atom is 0.277 e. The third kappa shape index (κ3) is 4.68. The number of fused-ring (bicyclic) bond motifs is 1. The summed E-state index contributed by atoms with van der Waals surface area (Å²) in [6.45, 7) is 2.42. The number of carbonyl (C=O) groups is 1. The van der Waals surface area contributed by atoms with Crippen LogP contribution in [0.25, 0.3) is 11.5 Å². The van der Waals surface area contributed by atoms with Crippen LogP contribution in [0.1, 0.15) is 12.5 Å². The number of aromatic nitrogens is 2. The number of thioether (sulfide) groups is 1. The van der Waals surface area contributed by atoms with E-state index in [9.17, 15) is 9.18 Å². The molecule has 2 aromatic carbocycles. The maximum atomic E-state index is 12.9. The number of rotatable bonds is 7. The first-order valence-electron chi connectivity index (χ1n) is 9.01. The summed E-state index contributed by atoms with van der Waals surface area (Å²) < 4.78 is 29.2. The van der Waals surface area contributed by atoms with Gasteiger partial charge in [0.2, 0.25) is 18.6 Å². The fourth-order valence-corrected chi connectivity index (χ4v) is 3.44. The third-order valence-electron chi connectivity index (χ3n) is 4.30. The third-order valence-corrected chi connectivity index (χ3v) is 5.23. The van der Waals surface area contributed by atoms with E-state index < -0.39 is 5.25 Å². The smallest absolute Gasteiger partial charge is 0.277 e. The Balaban J connectivity index is 1.29. The van der Waals surface area contributed by atoms with Crippen molar-refractivity contribution < 1.29 is 23.1 Å². The summed E-state index contributed by atoms with van der Waals surface area (Å²) in [6.07, 6.45) is 0.623. The zero-order chi connectivity index (χ0) is 20.2. The quantitative estimate of drug-likeness (QED) is 0.592. The lowest BCUT2D eigenvalue weighted by molar-refractivity contribution is -0.120. The minimum atomic E-state index is -0.409. The Morgan fingerprint density at radius 3 is 2.79 bits per heavy atom. The molecule has 29 heavy (non-hydrogen) atoms. The molecule has 0 fully saturated rings. The Labute approximate surface area is 170 Å². The van der Waals surface area contributed by atoms with Crippen LogP contribution in [0.2, 0.25) is 0 Å². The molecule has 0 saturated heterocycles. The molecule has 1 atom stereocenters. The van der Waals surface area contributed by atoms with Crippen molar-refractivity contribution in [2.75, 3.05) is 13.3 Å². The standard InChI is InChI=1S/C20H18FN3O4S/c1-12(18(25)22-9-8-13-2-5-15(21)6-3-13)29-20-24-23-19(28-20)14-4-7-16-17(10-14)27-11-26-16/h2-7,10,12H,8-9,11H2,1H3,(H,22,25)/t12-/m0/s1. The minimum absolute atomic E-state index is 0.139. The van der Waals surface area contributed by atoms with Gasteiger partial charge in [-0.3, -0.25) is 4.79 Å². The number of hydrogen-bond acceptors (Lipinski definition) is 7. The van der Waals surface area contributed by atoms with Crippen LogP contribution in [-0.2, 0) is 11.2 Å². The summed E-state index contributed by atoms with van der Waals surface area (Å²) in [5.74, 6) is 1.23. The molecule has 2 heterocycles. The van der Waals surface area contributed by atoms with Gasteiger partial charge in [-0.05, 0) is 49.2 Å². The van der Waals surface area contributed by atoms with E-state index in [2.05, 4.69) is 15.5 Å². The molecule has 0 saturated carbocycles. The second-order valence-corrected chi connectivity index (χ2v) is 7.66. The van der Waals surface area contributed by atoms with Crippen molar-refractivity contribution in [3.05, 3.63) is 53.8 Å². The summed E-state index contributed by atoms with van der Waals surface area (Å²) >= 11 is 1.18. The van der Waals surface area contributed by atoms with Crippen LogP contribution in [0.15, 0.2) is 52.1 Å². The molecule has 0 radical (unpaired) electrons. The Morgan fingerprint density at radius 2 is 1.97 bits per heavy atom. The van der Waals surface area contributed by atoms with Crippen LogP contribution < -0.4 is 14.8 Å². The fourth-order valence-electron chi connectivity index (χ4n) is 2.73. The van der Waals surface area contributed by atoms with Crippen LogP contribution >= 0.6 is 11.8 Å². The van der Waals surface area contributed by atoms with Gasteiger partial charge in [-0.25, -0.2) is 4.39 Å². The minimum Gasteiger partial charge on any atom is -0.454 e. The lowest BCUT2D eigenvalue weighted by Gasteiger charge is -2.09. The van der Waals surface area contributed by atoms with Crippen molar-refractivity contribution in [1.29, 1.82) is 0 Å². The average molecular weight is 415 g/mol. The molecule has 0 unspecified atom stereocenters. The van der Waals surface area contributed by atoms with Gasteiger partial charge in [-0.1, -0.05) is 23.9 Å². The molecule has 0 aliphatic carbocycles. The van der Waals surface area contributed by atoms with E-state index in [4.69, 9.17) is 13.9 Å². The number of nitrogens with one attached hydrogen (secondary N) is 1. The molecular formula is C20H18FN3O4S. The van der Waals surface area contributed by atoms with Crippen molar-refractivity contribution in [3.63, 3.8) is 0 Å². The molecule has 1 N–H and O–H groups in total. The first-order chi connectivity index (χ1) is 14.1. The van der Waals surface area contributed by atoms with E-state index in [1.54, 1.807) is 37.3 Å². The zero-order valence-corrected chi connectivity index (χ0v) is 16.4. The Kier molecular flexibility index (Phi) is 5.66. The van der Waals surface area contributed by atoms with Gasteiger partial charge in [0, 0.05) is 12.1 Å². The van der Waals surface area contributed by atoms with E-state index in [1.807, 2.05) is 0 Å². The van der Waals surface area contributed by atoms with Crippen LogP contribution in [0.3, 0.4) is 0 Å². The molecule has 3 aromatic rings. The molecule has 7 nitrogen and oxygen atoms in total. The molecule has 150 valence electrons. The van der Waals surface area contributed by atoms with Crippen molar-refractivity contribution >= 4 is 17.7 Å². The highest BCUT2D eigenvalue weighted by Crippen LogP contribution is 2.36. The van der Waals surface area contributed by atoms with Crippen molar-refractivity contribution in [2.24, 2.45) is 0 Å². The molecule has 1 aliphatic heterocycles. The maximum absolute atomic E-state index is 12.9. The monoisotopic (exact) mass is 415 g/mol. The summed E-state index contributed by atoms with van der Waals surface area (Å²) in [5, 5.41) is 10.8. The molecule has 1 amide bonds. The summed E-state index contributed by atoms with van der Waals surface area (Å²) in [6, 6.07) is 11.6. The predicted molar refractivity (Wildman–Crippen MR) is 104 cm³/mol. The molecule has 0 bridgehead atoms. The van der Waals surface area contributed by atoms with Gasteiger partial charge in [0.05, 0.1) is 5.25 Å². The number of hydrogen-bond donors (Lipinski definition) is 1. The van der Waals surface area contributed by atoms with E-state index >= 15 is 0 Å². The SMILES string of the molecule is C[C@H](Sc1nnc(-c2ccc3c(c2)OCO3)o1)C(=O)NCCc1ccc(F)cc1. The second kappa shape index (κ2) is 8.52. The van der Waals surface area contributed by atoms with Crippen LogP contribution in [-0.4, -0.2) is 34.7 Å². The first kappa shape index (κ1) is 19.3. The van der Waals surface area contributed by atoms with Gasteiger partial charge in [0.25, 0.3) is 5.22 Å². The highest BCUT2D eigenvalue weighted by atomic mass is 32.2. The lowest BCUT2D eigenvalue weighted by Crippen LogP contribution is -2.32. The van der Waals surface area contributed by atoms with Gasteiger partial charge in [-0.15, -0.1) is 10.2 Å². The van der Waals surface area contributed by atoms with Gasteiger partial charge in [0.1, 0.15) is 5.82 Å². The van der Waals surface area contributed by atoms with Gasteiger partial charge in [0.15, 0.2) is 11.5 Å². The van der Waals surface area contributed by atoms with E-state index in [0.29, 0.717) is 41.1 Å². The lowest BCUT2D eigenvalue weighted by atomic mass is 10.1. The van der Waals surface area contributed by atoms with Gasteiger partial charge >= 0.3 is 0 Å². The Bertz CT molecular complexity index is 1010. The largest absolute Gasteiger partial charge is 0.454 e. The topological polar surface area (TPSA) is 86.5 Å². The van der Waals surface area contributed by atoms with Crippen molar-refractivity contribution in [2.45, 2.75) is 23.8 Å². The van der Waals surface area contributed by atoms with Crippen LogP contribution in [0.4, 0.5) is 4.39 Å². The first-order valence-corrected chi connectivity index (χ1v) is 9.89. The fraction of sp³-hybridized carbons (Fsp3) is 0.250. The number of halogens is 1. The van der Waals surface area contributed by atoms with E-state index in [1.165, 1.54) is 23.9 Å². The van der Waals surface area contributed by atoms with Crippen molar-refractivity contribution in [3.8, 4) is 23.0 Å². The summed E-state index contributed by atoms with van der Waals surface area (Å²) in [4.78, 5) is 12.3. The second-order valence-electron chi connectivity index (χ2n) is 6.37. The summed E-state index contributed by atoms with van der Waals surface area (Å²) in [5.41, 5.74) is 1.67. The highest BCUT2D eigenvalue weighted by Gasteiger charge is 2.20. The summed E-state index contributed by atoms with van der Waals surface area (Å²) in [7, 11) is 0. The molecular weight excluding hydrogens is 397 g/mol. The van der Waals surface area contributed by atoms with E-state index in [0.717, 1.165) is 5.56 Å². The number of amides is 1.